The Kier molecular flexibility index (Phi) is 4.04. The Morgan fingerprint density at radius 1 is 0.889 bits per heavy atom. The maximum absolute atomic E-state index is 11.1. The van der Waals surface area contributed by atoms with Crippen LogP contribution >= 0.6 is 0 Å². The van der Waals surface area contributed by atoms with Gasteiger partial charge < -0.3 is 9.47 Å². The van der Waals surface area contributed by atoms with Gasteiger partial charge in [-0.15, -0.1) is 0 Å². The van der Waals surface area contributed by atoms with Crippen LogP contribution in [-0.2, 0) is 19.1 Å². The Bertz CT molecular complexity index is 347. The smallest absolute Gasteiger partial charge is 0.303 e. The van der Waals surface area contributed by atoms with Gasteiger partial charge in [-0.05, 0) is 49.7 Å². The first-order valence-corrected chi connectivity index (χ1v) is 6.64. The molecule has 0 aromatic heterocycles. The third kappa shape index (κ3) is 2.92. The molecule has 4 heteroatoms. The maximum atomic E-state index is 11.1. The van der Waals surface area contributed by atoms with E-state index in [9.17, 15) is 9.59 Å². The third-order valence-corrected chi connectivity index (χ3v) is 3.63. The predicted molar refractivity (Wildman–Crippen MR) is 65.8 cm³/mol. The Balaban J connectivity index is 2.19. The van der Waals surface area contributed by atoms with Gasteiger partial charge in [-0.2, -0.15) is 0 Å². The summed E-state index contributed by atoms with van der Waals surface area (Å²) < 4.78 is 10.8. The minimum absolute atomic E-state index is 0.0930. The molecule has 0 radical (unpaired) electrons. The molecule has 0 N–H and O–H groups in total. The number of hydrogen-bond acceptors (Lipinski definition) is 4. The number of rotatable bonds is 2. The molecule has 2 aliphatic carbocycles. The van der Waals surface area contributed by atoms with Crippen LogP contribution in [0.3, 0.4) is 0 Å². The molecule has 0 aromatic carbocycles. The van der Waals surface area contributed by atoms with E-state index >= 15 is 0 Å². The fourth-order valence-corrected chi connectivity index (χ4v) is 3.02. The SMILES string of the molecule is CC(=O)O[C@H]1CCCC2=C1CCC[C@@H]2OC(C)=O. The predicted octanol–water partition coefficient (Wildman–Crippen LogP) is 2.51. The fourth-order valence-electron chi connectivity index (χ4n) is 3.02. The molecule has 2 rings (SSSR count). The van der Waals surface area contributed by atoms with E-state index in [1.165, 1.54) is 25.0 Å². The van der Waals surface area contributed by atoms with Gasteiger partial charge in [0.1, 0.15) is 12.2 Å². The molecule has 0 saturated carbocycles. The van der Waals surface area contributed by atoms with Crippen molar-refractivity contribution in [1.82, 2.24) is 0 Å². The Labute approximate surface area is 107 Å². The van der Waals surface area contributed by atoms with Crippen LogP contribution in [0.2, 0.25) is 0 Å². The van der Waals surface area contributed by atoms with E-state index in [0.717, 1.165) is 38.5 Å². The van der Waals surface area contributed by atoms with Crippen molar-refractivity contribution in [3.63, 3.8) is 0 Å². The van der Waals surface area contributed by atoms with E-state index in [4.69, 9.17) is 9.47 Å². The van der Waals surface area contributed by atoms with Crippen LogP contribution in [-0.4, -0.2) is 24.1 Å². The highest BCUT2D eigenvalue weighted by atomic mass is 16.5. The molecule has 0 aromatic rings. The zero-order chi connectivity index (χ0) is 13.1. The average molecular weight is 252 g/mol. The summed E-state index contributed by atoms with van der Waals surface area (Å²) in [6, 6.07) is 0. The van der Waals surface area contributed by atoms with Gasteiger partial charge in [0.25, 0.3) is 0 Å². The fraction of sp³-hybridized carbons (Fsp3) is 0.714. The Morgan fingerprint density at radius 2 is 1.28 bits per heavy atom. The molecule has 0 unspecified atom stereocenters. The largest absolute Gasteiger partial charge is 0.458 e. The molecule has 2 atom stereocenters. The van der Waals surface area contributed by atoms with Crippen LogP contribution in [0.15, 0.2) is 11.1 Å². The van der Waals surface area contributed by atoms with Gasteiger partial charge in [-0.1, -0.05) is 0 Å². The van der Waals surface area contributed by atoms with Crippen molar-refractivity contribution in [3.05, 3.63) is 11.1 Å². The van der Waals surface area contributed by atoms with Crippen molar-refractivity contribution >= 4 is 11.9 Å². The monoisotopic (exact) mass is 252 g/mol. The van der Waals surface area contributed by atoms with E-state index in [1.54, 1.807) is 0 Å². The summed E-state index contributed by atoms with van der Waals surface area (Å²) in [5.74, 6) is -0.466. The van der Waals surface area contributed by atoms with Gasteiger partial charge in [0.2, 0.25) is 0 Å². The van der Waals surface area contributed by atoms with E-state index in [0.29, 0.717) is 0 Å². The second-order valence-corrected chi connectivity index (χ2v) is 5.03. The molecule has 0 spiro atoms. The van der Waals surface area contributed by atoms with Gasteiger partial charge in [0.05, 0.1) is 0 Å². The highest BCUT2D eigenvalue weighted by Gasteiger charge is 2.33. The standard InChI is InChI=1S/C14H20O4/c1-9(15)17-13-7-3-6-12-11(13)5-4-8-14(12)18-10(2)16/h13-14H,3-8H2,1-2H3/t13-,14-/m0/s1. The molecule has 0 heterocycles. The van der Waals surface area contributed by atoms with Crippen molar-refractivity contribution in [1.29, 1.82) is 0 Å². The van der Waals surface area contributed by atoms with Crippen molar-refractivity contribution < 1.29 is 19.1 Å². The van der Waals surface area contributed by atoms with Gasteiger partial charge in [-0.3, -0.25) is 9.59 Å². The highest BCUT2D eigenvalue weighted by molar-refractivity contribution is 5.67. The molecule has 2 aliphatic rings. The highest BCUT2D eigenvalue weighted by Crippen LogP contribution is 2.38. The maximum Gasteiger partial charge on any atom is 0.303 e. The van der Waals surface area contributed by atoms with Crippen LogP contribution in [0.4, 0.5) is 0 Å². The Morgan fingerprint density at radius 3 is 1.61 bits per heavy atom. The molecule has 0 amide bonds. The summed E-state index contributed by atoms with van der Waals surface area (Å²) in [6.07, 6.45) is 5.52. The molecule has 18 heavy (non-hydrogen) atoms. The number of carbonyl (C=O) groups excluding carboxylic acids is 2. The van der Waals surface area contributed by atoms with Crippen molar-refractivity contribution in [2.75, 3.05) is 0 Å². The zero-order valence-corrected chi connectivity index (χ0v) is 11.0. The minimum atomic E-state index is -0.233. The quantitative estimate of drug-likeness (QED) is 0.559. The summed E-state index contributed by atoms with van der Waals surface area (Å²) in [7, 11) is 0. The normalized spacial score (nSPS) is 27.4. The number of hydrogen-bond donors (Lipinski definition) is 0. The lowest BCUT2D eigenvalue weighted by atomic mass is 9.79. The minimum Gasteiger partial charge on any atom is -0.458 e. The summed E-state index contributed by atoms with van der Waals surface area (Å²) in [5, 5.41) is 0. The first kappa shape index (κ1) is 13.1. The molecular formula is C14H20O4. The van der Waals surface area contributed by atoms with E-state index in [2.05, 4.69) is 0 Å². The number of esters is 2. The van der Waals surface area contributed by atoms with E-state index in [1.807, 2.05) is 0 Å². The third-order valence-electron chi connectivity index (χ3n) is 3.63. The topological polar surface area (TPSA) is 52.6 Å². The molecule has 0 saturated heterocycles. The lowest BCUT2D eigenvalue weighted by molar-refractivity contribution is -0.148. The summed E-state index contributed by atoms with van der Waals surface area (Å²) >= 11 is 0. The van der Waals surface area contributed by atoms with E-state index in [-0.39, 0.29) is 24.1 Å². The van der Waals surface area contributed by atoms with Crippen LogP contribution < -0.4 is 0 Å². The molecule has 0 fully saturated rings. The lowest BCUT2D eigenvalue weighted by Crippen LogP contribution is -2.32. The number of ether oxygens (including phenoxy) is 2. The summed E-state index contributed by atoms with van der Waals surface area (Å²) in [6.45, 7) is 2.89. The van der Waals surface area contributed by atoms with Crippen molar-refractivity contribution in [3.8, 4) is 0 Å². The second kappa shape index (κ2) is 5.55. The first-order valence-electron chi connectivity index (χ1n) is 6.64. The molecule has 4 nitrogen and oxygen atoms in total. The Hall–Kier alpha value is -1.32. The van der Waals surface area contributed by atoms with Crippen LogP contribution in [0.1, 0.15) is 52.4 Å². The van der Waals surface area contributed by atoms with Crippen LogP contribution in [0, 0.1) is 0 Å². The van der Waals surface area contributed by atoms with Gasteiger partial charge in [-0.25, -0.2) is 0 Å². The van der Waals surface area contributed by atoms with Crippen LogP contribution in [0.25, 0.3) is 0 Å². The van der Waals surface area contributed by atoms with Gasteiger partial charge in [0.15, 0.2) is 0 Å². The molecule has 0 aliphatic heterocycles. The lowest BCUT2D eigenvalue weighted by Gasteiger charge is -2.35. The molecule has 100 valence electrons. The summed E-state index contributed by atoms with van der Waals surface area (Å²) in [5.41, 5.74) is 2.41. The first-order chi connectivity index (χ1) is 8.58. The molecular weight excluding hydrogens is 232 g/mol. The summed E-state index contributed by atoms with van der Waals surface area (Å²) in [4.78, 5) is 22.2. The second-order valence-electron chi connectivity index (χ2n) is 5.03. The van der Waals surface area contributed by atoms with Crippen LogP contribution in [0.5, 0.6) is 0 Å². The number of carbonyl (C=O) groups is 2. The van der Waals surface area contributed by atoms with E-state index < -0.39 is 0 Å². The van der Waals surface area contributed by atoms with Gasteiger partial charge in [0, 0.05) is 13.8 Å². The molecule has 0 bridgehead atoms. The van der Waals surface area contributed by atoms with Crippen molar-refractivity contribution in [2.24, 2.45) is 0 Å². The average Bonchev–Trinajstić information content (AvgIpc) is 2.29. The van der Waals surface area contributed by atoms with Crippen molar-refractivity contribution in [2.45, 2.75) is 64.6 Å². The van der Waals surface area contributed by atoms with Gasteiger partial charge >= 0.3 is 11.9 Å². The zero-order valence-electron chi connectivity index (χ0n) is 11.0.